The summed E-state index contributed by atoms with van der Waals surface area (Å²) in [5, 5.41) is 2.88. The molecule has 29 heavy (non-hydrogen) atoms. The predicted octanol–water partition coefficient (Wildman–Crippen LogP) is 4.47. The standard InChI is InChI=1S/C24H32N2O3/c1-24(2,3)21-7-5-6-8-22(21)28-17-23(27)25-18-9-11-19(12-10-18)29-20-13-15-26(4)16-14-20/h5-12,20H,13-17H2,1-4H3,(H,25,27). The maximum Gasteiger partial charge on any atom is 0.262 e. The second-order valence-electron chi connectivity index (χ2n) is 8.73. The van der Waals surface area contributed by atoms with E-state index in [2.05, 4.69) is 38.0 Å². The smallest absolute Gasteiger partial charge is 0.262 e. The third-order valence-corrected chi connectivity index (χ3v) is 5.16. The zero-order chi connectivity index (χ0) is 20.9. The van der Waals surface area contributed by atoms with Crippen LogP contribution in [0.1, 0.15) is 39.2 Å². The summed E-state index contributed by atoms with van der Waals surface area (Å²) in [7, 11) is 2.14. The number of piperidine rings is 1. The first-order valence-electron chi connectivity index (χ1n) is 10.3. The van der Waals surface area contributed by atoms with E-state index in [9.17, 15) is 4.79 Å². The number of nitrogens with zero attached hydrogens (tertiary/aromatic N) is 1. The highest BCUT2D eigenvalue weighted by atomic mass is 16.5. The monoisotopic (exact) mass is 396 g/mol. The van der Waals surface area contributed by atoms with Crippen molar-refractivity contribution in [2.75, 3.05) is 32.1 Å². The number of ether oxygens (including phenoxy) is 2. The van der Waals surface area contributed by atoms with E-state index in [-0.39, 0.29) is 24.0 Å². The van der Waals surface area contributed by atoms with Gasteiger partial charge in [0.25, 0.3) is 5.91 Å². The number of para-hydroxylation sites is 1. The summed E-state index contributed by atoms with van der Waals surface area (Å²) in [5.41, 5.74) is 1.78. The van der Waals surface area contributed by atoms with Gasteiger partial charge >= 0.3 is 0 Å². The molecule has 2 aromatic rings. The lowest BCUT2D eigenvalue weighted by Crippen LogP contribution is -2.35. The topological polar surface area (TPSA) is 50.8 Å². The third kappa shape index (κ3) is 6.23. The van der Waals surface area contributed by atoms with Crippen molar-refractivity contribution in [3.63, 3.8) is 0 Å². The molecule has 1 fully saturated rings. The Bertz CT molecular complexity index is 804. The quantitative estimate of drug-likeness (QED) is 0.782. The van der Waals surface area contributed by atoms with Gasteiger partial charge in [0.15, 0.2) is 6.61 Å². The normalized spacial score (nSPS) is 15.7. The zero-order valence-electron chi connectivity index (χ0n) is 17.9. The molecule has 5 nitrogen and oxygen atoms in total. The van der Waals surface area contributed by atoms with Gasteiger partial charge in [-0.15, -0.1) is 0 Å². The zero-order valence-corrected chi connectivity index (χ0v) is 17.9. The first kappa shape index (κ1) is 21.2. The number of anilines is 1. The summed E-state index contributed by atoms with van der Waals surface area (Å²) in [6.07, 6.45) is 2.35. The highest BCUT2D eigenvalue weighted by molar-refractivity contribution is 5.91. The Morgan fingerprint density at radius 1 is 1.07 bits per heavy atom. The molecule has 156 valence electrons. The number of hydrogen-bond acceptors (Lipinski definition) is 4. The van der Waals surface area contributed by atoms with Crippen LogP contribution >= 0.6 is 0 Å². The van der Waals surface area contributed by atoms with Crippen LogP contribution in [0.4, 0.5) is 5.69 Å². The van der Waals surface area contributed by atoms with Crippen LogP contribution in [0.15, 0.2) is 48.5 Å². The van der Waals surface area contributed by atoms with Crippen molar-refractivity contribution >= 4 is 11.6 Å². The molecular weight excluding hydrogens is 364 g/mol. The lowest BCUT2D eigenvalue weighted by molar-refractivity contribution is -0.118. The Hall–Kier alpha value is -2.53. The summed E-state index contributed by atoms with van der Waals surface area (Å²) in [6.45, 7) is 8.49. The van der Waals surface area contributed by atoms with Gasteiger partial charge in [-0.2, -0.15) is 0 Å². The number of carbonyl (C=O) groups excluding carboxylic acids is 1. The first-order chi connectivity index (χ1) is 13.8. The van der Waals surface area contributed by atoms with Gasteiger partial charge in [0, 0.05) is 18.8 Å². The van der Waals surface area contributed by atoms with E-state index in [1.807, 2.05) is 48.5 Å². The highest BCUT2D eigenvalue weighted by Crippen LogP contribution is 2.31. The maximum absolute atomic E-state index is 12.3. The lowest BCUT2D eigenvalue weighted by Gasteiger charge is -2.29. The fourth-order valence-corrected chi connectivity index (χ4v) is 3.46. The lowest BCUT2D eigenvalue weighted by atomic mass is 9.86. The molecule has 0 radical (unpaired) electrons. The van der Waals surface area contributed by atoms with E-state index >= 15 is 0 Å². The molecule has 1 N–H and O–H groups in total. The van der Waals surface area contributed by atoms with Crippen LogP contribution in [0.3, 0.4) is 0 Å². The number of likely N-dealkylation sites (tertiary alicyclic amines) is 1. The van der Waals surface area contributed by atoms with Crippen LogP contribution in [-0.4, -0.2) is 43.7 Å². The van der Waals surface area contributed by atoms with Crippen LogP contribution in [0.2, 0.25) is 0 Å². The molecule has 1 aliphatic rings. The first-order valence-corrected chi connectivity index (χ1v) is 10.3. The van der Waals surface area contributed by atoms with Crippen molar-refractivity contribution in [2.24, 2.45) is 0 Å². The van der Waals surface area contributed by atoms with Crippen LogP contribution in [0.25, 0.3) is 0 Å². The minimum absolute atomic E-state index is 0.0268. The molecule has 0 spiro atoms. The van der Waals surface area contributed by atoms with Gasteiger partial charge in [0.2, 0.25) is 0 Å². The predicted molar refractivity (Wildman–Crippen MR) is 117 cm³/mol. The van der Waals surface area contributed by atoms with E-state index in [4.69, 9.17) is 9.47 Å². The molecule has 2 aromatic carbocycles. The van der Waals surface area contributed by atoms with Gasteiger partial charge in [0.1, 0.15) is 17.6 Å². The average molecular weight is 397 g/mol. The molecule has 0 unspecified atom stereocenters. The summed E-state index contributed by atoms with van der Waals surface area (Å²) in [4.78, 5) is 14.6. The number of benzene rings is 2. The second kappa shape index (κ2) is 9.31. The van der Waals surface area contributed by atoms with Crippen molar-refractivity contribution in [3.8, 4) is 11.5 Å². The number of carbonyl (C=O) groups is 1. The molecule has 0 bridgehead atoms. The molecule has 3 rings (SSSR count). The van der Waals surface area contributed by atoms with Gasteiger partial charge in [-0.05, 0) is 61.2 Å². The number of amides is 1. The fourth-order valence-electron chi connectivity index (χ4n) is 3.46. The molecule has 0 saturated carbocycles. The van der Waals surface area contributed by atoms with Gasteiger partial charge in [0.05, 0.1) is 0 Å². The van der Waals surface area contributed by atoms with Crippen LogP contribution in [0.5, 0.6) is 11.5 Å². The van der Waals surface area contributed by atoms with E-state index < -0.39 is 0 Å². The summed E-state index contributed by atoms with van der Waals surface area (Å²) in [5.74, 6) is 1.41. The molecular formula is C24H32N2O3. The second-order valence-corrected chi connectivity index (χ2v) is 8.73. The Balaban J connectivity index is 1.50. The van der Waals surface area contributed by atoms with E-state index in [1.165, 1.54) is 0 Å². The minimum Gasteiger partial charge on any atom is -0.490 e. The number of nitrogens with one attached hydrogen (secondary N) is 1. The maximum atomic E-state index is 12.3. The van der Waals surface area contributed by atoms with Crippen molar-refractivity contribution in [2.45, 2.75) is 45.1 Å². The molecule has 0 aromatic heterocycles. The average Bonchev–Trinajstić information content (AvgIpc) is 2.69. The van der Waals surface area contributed by atoms with Gasteiger partial charge in [-0.3, -0.25) is 4.79 Å². The summed E-state index contributed by atoms with van der Waals surface area (Å²) >= 11 is 0. The number of hydrogen-bond donors (Lipinski definition) is 1. The highest BCUT2D eigenvalue weighted by Gasteiger charge is 2.19. The van der Waals surface area contributed by atoms with E-state index in [0.717, 1.165) is 48.7 Å². The van der Waals surface area contributed by atoms with Gasteiger partial charge < -0.3 is 19.7 Å². The van der Waals surface area contributed by atoms with Crippen molar-refractivity contribution < 1.29 is 14.3 Å². The summed E-state index contributed by atoms with van der Waals surface area (Å²) < 4.78 is 11.8. The Morgan fingerprint density at radius 2 is 1.72 bits per heavy atom. The minimum atomic E-state index is -0.183. The Labute approximate surface area is 174 Å². The molecule has 0 aliphatic carbocycles. The molecule has 0 atom stereocenters. The van der Waals surface area contributed by atoms with Gasteiger partial charge in [-0.25, -0.2) is 0 Å². The van der Waals surface area contributed by atoms with Crippen LogP contribution in [-0.2, 0) is 10.2 Å². The van der Waals surface area contributed by atoms with Gasteiger partial charge in [-0.1, -0.05) is 39.0 Å². The Morgan fingerprint density at radius 3 is 2.38 bits per heavy atom. The third-order valence-electron chi connectivity index (χ3n) is 5.16. The van der Waals surface area contributed by atoms with E-state index in [1.54, 1.807) is 0 Å². The SMILES string of the molecule is CN1CCC(Oc2ccc(NC(=O)COc3ccccc3C(C)(C)C)cc2)CC1. The Kier molecular flexibility index (Phi) is 6.80. The van der Waals surface area contributed by atoms with Crippen LogP contribution in [0, 0.1) is 0 Å². The molecule has 1 aliphatic heterocycles. The fraction of sp³-hybridized carbons (Fsp3) is 0.458. The molecule has 1 heterocycles. The molecule has 1 amide bonds. The largest absolute Gasteiger partial charge is 0.490 e. The van der Waals surface area contributed by atoms with Crippen molar-refractivity contribution in [3.05, 3.63) is 54.1 Å². The molecule has 1 saturated heterocycles. The van der Waals surface area contributed by atoms with Crippen molar-refractivity contribution in [1.29, 1.82) is 0 Å². The van der Waals surface area contributed by atoms with E-state index in [0.29, 0.717) is 0 Å². The number of rotatable bonds is 6. The van der Waals surface area contributed by atoms with Crippen LogP contribution < -0.4 is 14.8 Å². The molecule has 5 heteroatoms. The van der Waals surface area contributed by atoms with Crippen molar-refractivity contribution in [1.82, 2.24) is 4.90 Å². The summed E-state index contributed by atoms with van der Waals surface area (Å²) in [6, 6.07) is 15.4.